The van der Waals surface area contributed by atoms with Crippen LogP contribution in [0, 0.1) is 0 Å². The van der Waals surface area contributed by atoms with Gasteiger partial charge in [-0.1, -0.05) is 46.3 Å². The Morgan fingerprint density at radius 1 is 1.20 bits per heavy atom. The SMILES string of the molecule is CC(C)OCCC(CBr)c1ccccc1. The number of hydrogen-bond donors (Lipinski definition) is 0. The molecule has 0 bridgehead atoms. The van der Waals surface area contributed by atoms with Gasteiger partial charge in [0.2, 0.25) is 0 Å². The van der Waals surface area contributed by atoms with Crippen LogP contribution < -0.4 is 0 Å². The summed E-state index contributed by atoms with van der Waals surface area (Å²) in [5.74, 6) is 0.560. The van der Waals surface area contributed by atoms with Gasteiger partial charge in [0, 0.05) is 11.9 Å². The summed E-state index contributed by atoms with van der Waals surface area (Å²) in [6, 6.07) is 10.6. The summed E-state index contributed by atoms with van der Waals surface area (Å²) in [4.78, 5) is 0. The fourth-order valence-electron chi connectivity index (χ4n) is 1.50. The van der Waals surface area contributed by atoms with Crippen LogP contribution in [0.3, 0.4) is 0 Å². The first-order valence-electron chi connectivity index (χ1n) is 5.46. The minimum absolute atomic E-state index is 0.330. The van der Waals surface area contributed by atoms with Crippen molar-refractivity contribution in [2.24, 2.45) is 0 Å². The summed E-state index contributed by atoms with van der Waals surface area (Å²) in [6.45, 7) is 4.99. The largest absolute Gasteiger partial charge is 0.379 e. The van der Waals surface area contributed by atoms with Crippen molar-refractivity contribution < 1.29 is 4.74 Å². The molecule has 0 amide bonds. The van der Waals surface area contributed by atoms with E-state index < -0.39 is 0 Å². The molecule has 1 aromatic carbocycles. The Balaban J connectivity index is 2.43. The highest BCUT2D eigenvalue weighted by Crippen LogP contribution is 2.21. The first-order valence-corrected chi connectivity index (χ1v) is 6.58. The summed E-state index contributed by atoms with van der Waals surface area (Å²) >= 11 is 3.56. The van der Waals surface area contributed by atoms with Crippen molar-refractivity contribution in [1.82, 2.24) is 0 Å². The molecule has 0 N–H and O–H groups in total. The average molecular weight is 271 g/mol. The molecule has 0 saturated heterocycles. The van der Waals surface area contributed by atoms with E-state index in [1.54, 1.807) is 0 Å². The lowest BCUT2D eigenvalue weighted by molar-refractivity contribution is 0.0744. The second-order valence-electron chi connectivity index (χ2n) is 3.97. The van der Waals surface area contributed by atoms with Gasteiger partial charge < -0.3 is 4.74 Å². The smallest absolute Gasteiger partial charge is 0.0518 e. The molecule has 1 unspecified atom stereocenters. The summed E-state index contributed by atoms with van der Waals surface area (Å²) < 4.78 is 5.57. The van der Waals surface area contributed by atoms with E-state index in [2.05, 4.69) is 60.1 Å². The van der Waals surface area contributed by atoms with Crippen LogP contribution in [-0.4, -0.2) is 18.0 Å². The van der Waals surface area contributed by atoms with Crippen molar-refractivity contribution in [2.45, 2.75) is 32.3 Å². The van der Waals surface area contributed by atoms with Gasteiger partial charge in [0.15, 0.2) is 0 Å². The molecule has 1 aromatic rings. The van der Waals surface area contributed by atoms with Gasteiger partial charge >= 0.3 is 0 Å². The average Bonchev–Trinajstić information content (AvgIpc) is 2.25. The molecule has 0 spiro atoms. The van der Waals surface area contributed by atoms with Crippen molar-refractivity contribution >= 4 is 15.9 Å². The maximum absolute atomic E-state index is 5.57. The van der Waals surface area contributed by atoms with Crippen LogP contribution >= 0.6 is 15.9 Å². The molecule has 15 heavy (non-hydrogen) atoms. The van der Waals surface area contributed by atoms with Gasteiger partial charge in [-0.15, -0.1) is 0 Å². The normalized spacial score (nSPS) is 13.1. The summed E-state index contributed by atoms with van der Waals surface area (Å²) in [6.07, 6.45) is 1.41. The zero-order valence-electron chi connectivity index (χ0n) is 9.45. The third-order valence-electron chi connectivity index (χ3n) is 2.37. The van der Waals surface area contributed by atoms with Gasteiger partial charge in [-0.3, -0.25) is 0 Å². The van der Waals surface area contributed by atoms with Gasteiger partial charge in [-0.05, 0) is 31.7 Å². The molecule has 1 atom stereocenters. The molecule has 0 aliphatic heterocycles. The minimum Gasteiger partial charge on any atom is -0.379 e. The van der Waals surface area contributed by atoms with Gasteiger partial charge in [0.25, 0.3) is 0 Å². The molecule has 0 saturated carbocycles. The first kappa shape index (κ1) is 12.7. The number of rotatable bonds is 6. The molecule has 1 rings (SSSR count). The molecule has 0 aliphatic rings. The maximum Gasteiger partial charge on any atom is 0.0518 e. The molecule has 0 aromatic heterocycles. The predicted molar refractivity (Wildman–Crippen MR) is 68.7 cm³/mol. The maximum atomic E-state index is 5.57. The Labute approximate surface area is 101 Å². The van der Waals surface area contributed by atoms with Gasteiger partial charge in [0.05, 0.1) is 6.10 Å². The molecular weight excluding hydrogens is 252 g/mol. The highest BCUT2D eigenvalue weighted by atomic mass is 79.9. The van der Waals surface area contributed by atoms with Crippen LogP contribution in [0.1, 0.15) is 31.7 Å². The number of hydrogen-bond acceptors (Lipinski definition) is 1. The van der Waals surface area contributed by atoms with E-state index >= 15 is 0 Å². The van der Waals surface area contributed by atoms with Crippen LogP contribution in [0.25, 0.3) is 0 Å². The molecule has 84 valence electrons. The quantitative estimate of drug-likeness (QED) is 0.711. The zero-order valence-corrected chi connectivity index (χ0v) is 11.0. The number of ether oxygens (including phenoxy) is 1. The first-order chi connectivity index (χ1) is 7.24. The predicted octanol–water partition coefficient (Wildman–Crippen LogP) is 3.98. The molecule has 1 nitrogen and oxygen atoms in total. The molecule has 0 radical (unpaired) electrons. The van der Waals surface area contributed by atoms with Crippen molar-refractivity contribution in [3.05, 3.63) is 35.9 Å². The van der Waals surface area contributed by atoms with Crippen molar-refractivity contribution in [2.75, 3.05) is 11.9 Å². The van der Waals surface area contributed by atoms with Crippen LogP contribution in [0.2, 0.25) is 0 Å². The molecule has 0 heterocycles. The number of alkyl halides is 1. The Bertz CT molecular complexity index is 258. The van der Waals surface area contributed by atoms with E-state index in [9.17, 15) is 0 Å². The monoisotopic (exact) mass is 270 g/mol. The van der Waals surface area contributed by atoms with Crippen molar-refractivity contribution in [1.29, 1.82) is 0 Å². The van der Waals surface area contributed by atoms with Gasteiger partial charge in [0.1, 0.15) is 0 Å². The van der Waals surface area contributed by atoms with Crippen LogP contribution in [0.5, 0.6) is 0 Å². The van der Waals surface area contributed by atoms with Gasteiger partial charge in [-0.25, -0.2) is 0 Å². The molecule has 2 heteroatoms. The lowest BCUT2D eigenvalue weighted by atomic mass is 9.98. The number of halogens is 1. The Kier molecular flexibility index (Phi) is 5.96. The van der Waals surface area contributed by atoms with Crippen LogP contribution in [0.15, 0.2) is 30.3 Å². The standard InChI is InChI=1S/C13H19BrO/c1-11(2)15-9-8-13(10-14)12-6-4-3-5-7-12/h3-7,11,13H,8-10H2,1-2H3. The summed E-state index contributed by atoms with van der Waals surface area (Å²) in [5, 5.41) is 0.998. The van der Waals surface area contributed by atoms with E-state index in [-0.39, 0.29) is 0 Å². The Hall–Kier alpha value is -0.340. The third kappa shape index (κ3) is 4.80. The zero-order chi connectivity index (χ0) is 11.1. The van der Waals surface area contributed by atoms with Crippen LogP contribution in [0.4, 0.5) is 0 Å². The molecule has 0 fully saturated rings. The van der Waals surface area contributed by atoms with Crippen molar-refractivity contribution in [3.8, 4) is 0 Å². The molecular formula is C13H19BrO. The summed E-state index contributed by atoms with van der Waals surface area (Å²) in [7, 11) is 0. The Morgan fingerprint density at radius 3 is 2.40 bits per heavy atom. The van der Waals surface area contributed by atoms with E-state index in [1.807, 2.05) is 0 Å². The van der Waals surface area contributed by atoms with E-state index in [0.29, 0.717) is 12.0 Å². The minimum atomic E-state index is 0.330. The van der Waals surface area contributed by atoms with E-state index in [0.717, 1.165) is 18.4 Å². The van der Waals surface area contributed by atoms with E-state index in [4.69, 9.17) is 4.74 Å². The lowest BCUT2D eigenvalue weighted by Crippen LogP contribution is -2.09. The van der Waals surface area contributed by atoms with Gasteiger partial charge in [-0.2, -0.15) is 0 Å². The second-order valence-corrected chi connectivity index (χ2v) is 4.62. The fourth-order valence-corrected chi connectivity index (χ4v) is 2.20. The van der Waals surface area contributed by atoms with Crippen molar-refractivity contribution in [3.63, 3.8) is 0 Å². The Morgan fingerprint density at radius 2 is 1.87 bits per heavy atom. The summed E-state index contributed by atoms with van der Waals surface area (Å²) in [5.41, 5.74) is 1.39. The van der Waals surface area contributed by atoms with E-state index in [1.165, 1.54) is 5.56 Å². The van der Waals surface area contributed by atoms with Crippen LogP contribution in [-0.2, 0) is 4.74 Å². The highest BCUT2D eigenvalue weighted by molar-refractivity contribution is 9.09. The second kappa shape index (κ2) is 7.02. The topological polar surface area (TPSA) is 9.23 Å². The number of benzene rings is 1. The molecule has 0 aliphatic carbocycles. The lowest BCUT2D eigenvalue weighted by Gasteiger charge is -2.15. The fraction of sp³-hybridized carbons (Fsp3) is 0.538. The highest BCUT2D eigenvalue weighted by Gasteiger charge is 2.09. The third-order valence-corrected chi connectivity index (χ3v) is 3.16.